The zero-order valence-electron chi connectivity index (χ0n) is 19.2. The molecule has 1 atom stereocenters. The predicted octanol–water partition coefficient (Wildman–Crippen LogP) is 5.80. The van der Waals surface area contributed by atoms with Gasteiger partial charge in [-0.15, -0.1) is 5.10 Å². The molecule has 2 heterocycles. The lowest BCUT2D eigenvalue weighted by Gasteiger charge is -2.34. The molecule has 1 aliphatic heterocycles. The van der Waals surface area contributed by atoms with Gasteiger partial charge < -0.3 is 0 Å². The first-order valence-electron chi connectivity index (χ1n) is 11.7. The number of rotatable bonds is 2. The Labute approximate surface area is 189 Å². The molecule has 4 heteroatoms. The van der Waals surface area contributed by atoms with Crippen LogP contribution in [-0.2, 0) is 19.4 Å². The molecule has 4 aromatic rings. The molecular weight excluding hydrogens is 392 g/mol. The molecule has 1 unspecified atom stereocenters. The highest BCUT2D eigenvalue weighted by atomic mass is 15.4. The number of benzene rings is 3. The standard InChI is InChI=1S/C28H30N4/c1-19-8-9-21-17-31(18-28(2,3)16-22(21)14-19)26-13-11-20-10-12-23(15-24(20)26)32-27-7-5-4-6-25(27)29-30-32/h4-10,12,14-15,26H,11,13,16-18H2,1-3H3. The van der Waals surface area contributed by atoms with Gasteiger partial charge >= 0.3 is 0 Å². The number of nitrogens with zero attached hydrogens (tertiary/aromatic N) is 4. The van der Waals surface area contributed by atoms with Crippen LogP contribution < -0.4 is 0 Å². The van der Waals surface area contributed by atoms with Crippen molar-refractivity contribution in [1.82, 2.24) is 19.9 Å². The molecule has 1 aliphatic carbocycles. The summed E-state index contributed by atoms with van der Waals surface area (Å²) in [4.78, 5) is 2.73. The summed E-state index contributed by atoms with van der Waals surface area (Å²) in [5, 5.41) is 8.82. The van der Waals surface area contributed by atoms with Crippen LogP contribution in [0, 0.1) is 12.3 Å². The van der Waals surface area contributed by atoms with Crippen LogP contribution in [0.2, 0.25) is 0 Å². The van der Waals surface area contributed by atoms with E-state index in [0.29, 0.717) is 6.04 Å². The van der Waals surface area contributed by atoms with Crippen molar-refractivity contribution in [2.24, 2.45) is 5.41 Å². The smallest absolute Gasteiger partial charge is 0.113 e. The van der Waals surface area contributed by atoms with Crippen molar-refractivity contribution in [1.29, 1.82) is 0 Å². The second-order valence-electron chi connectivity index (χ2n) is 10.4. The Kier molecular flexibility index (Phi) is 4.48. The van der Waals surface area contributed by atoms with Crippen molar-refractivity contribution < 1.29 is 0 Å². The van der Waals surface area contributed by atoms with Gasteiger partial charge in [0.1, 0.15) is 5.52 Å². The fraction of sp³-hybridized carbons (Fsp3) is 0.357. The van der Waals surface area contributed by atoms with Crippen molar-refractivity contribution in [3.05, 3.63) is 88.5 Å². The highest BCUT2D eigenvalue weighted by Crippen LogP contribution is 2.41. The van der Waals surface area contributed by atoms with Crippen molar-refractivity contribution in [2.45, 2.75) is 52.6 Å². The van der Waals surface area contributed by atoms with E-state index in [9.17, 15) is 0 Å². The quantitative estimate of drug-likeness (QED) is 0.409. The Bertz CT molecular complexity index is 1320. The third-order valence-electron chi connectivity index (χ3n) is 7.25. The summed E-state index contributed by atoms with van der Waals surface area (Å²) < 4.78 is 1.98. The van der Waals surface area contributed by atoms with E-state index in [-0.39, 0.29) is 5.41 Å². The molecule has 4 nitrogen and oxygen atoms in total. The van der Waals surface area contributed by atoms with E-state index >= 15 is 0 Å². The number of hydrogen-bond donors (Lipinski definition) is 0. The van der Waals surface area contributed by atoms with E-state index in [2.05, 4.69) is 84.5 Å². The molecule has 0 spiro atoms. The normalized spacial score (nSPS) is 20.2. The highest BCUT2D eigenvalue weighted by Gasteiger charge is 2.35. The predicted molar refractivity (Wildman–Crippen MR) is 129 cm³/mol. The summed E-state index contributed by atoms with van der Waals surface area (Å²) in [5.41, 5.74) is 10.7. The summed E-state index contributed by atoms with van der Waals surface area (Å²) in [6.45, 7) is 9.19. The number of aromatic nitrogens is 3. The van der Waals surface area contributed by atoms with Crippen LogP contribution in [-0.4, -0.2) is 26.4 Å². The molecule has 0 fully saturated rings. The van der Waals surface area contributed by atoms with Gasteiger partial charge in [0.25, 0.3) is 0 Å². The van der Waals surface area contributed by atoms with Crippen LogP contribution in [0.25, 0.3) is 16.7 Å². The SMILES string of the molecule is Cc1ccc2c(c1)CC(C)(C)CN(C1CCc3ccc(-n4nnc5ccccc54)cc31)C2. The zero-order chi connectivity index (χ0) is 21.9. The van der Waals surface area contributed by atoms with Crippen LogP contribution >= 0.6 is 0 Å². The monoisotopic (exact) mass is 422 g/mol. The summed E-state index contributed by atoms with van der Waals surface area (Å²) in [6.07, 6.45) is 3.48. The second kappa shape index (κ2) is 7.28. The highest BCUT2D eigenvalue weighted by molar-refractivity contribution is 5.76. The van der Waals surface area contributed by atoms with Gasteiger partial charge in [-0.05, 0) is 78.1 Å². The Morgan fingerprint density at radius 3 is 2.69 bits per heavy atom. The first kappa shape index (κ1) is 19.7. The third-order valence-corrected chi connectivity index (χ3v) is 7.25. The van der Waals surface area contributed by atoms with Crippen molar-refractivity contribution in [3.8, 4) is 5.69 Å². The Balaban J connectivity index is 1.39. The number of hydrogen-bond acceptors (Lipinski definition) is 3. The fourth-order valence-corrected chi connectivity index (χ4v) is 5.83. The van der Waals surface area contributed by atoms with Crippen LogP contribution in [0.1, 0.15) is 54.1 Å². The molecular formula is C28H30N4. The lowest BCUT2D eigenvalue weighted by Crippen LogP contribution is -2.35. The van der Waals surface area contributed by atoms with E-state index in [1.807, 2.05) is 16.8 Å². The van der Waals surface area contributed by atoms with Crippen LogP contribution in [0.5, 0.6) is 0 Å². The van der Waals surface area contributed by atoms with Crippen LogP contribution in [0.4, 0.5) is 0 Å². The van der Waals surface area contributed by atoms with Gasteiger partial charge in [-0.1, -0.05) is 61.0 Å². The Morgan fingerprint density at radius 1 is 0.938 bits per heavy atom. The molecule has 6 rings (SSSR count). The molecule has 0 saturated carbocycles. The molecule has 162 valence electrons. The van der Waals surface area contributed by atoms with E-state index < -0.39 is 0 Å². The van der Waals surface area contributed by atoms with Gasteiger partial charge in [0.05, 0.1) is 11.2 Å². The topological polar surface area (TPSA) is 34.0 Å². The van der Waals surface area contributed by atoms with Crippen LogP contribution in [0.3, 0.4) is 0 Å². The molecule has 3 aromatic carbocycles. The van der Waals surface area contributed by atoms with Gasteiger partial charge in [-0.2, -0.15) is 0 Å². The summed E-state index contributed by atoms with van der Waals surface area (Å²) in [6, 6.07) is 22.5. The molecule has 1 aromatic heterocycles. The van der Waals surface area contributed by atoms with Crippen molar-refractivity contribution >= 4 is 11.0 Å². The largest absolute Gasteiger partial charge is 0.292 e. The first-order valence-corrected chi connectivity index (χ1v) is 11.7. The maximum Gasteiger partial charge on any atom is 0.113 e. The van der Waals surface area contributed by atoms with Gasteiger partial charge in [0, 0.05) is 19.1 Å². The van der Waals surface area contributed by atoms with E-state index in [4.69, 9.17) is 0 Å². The minimum absolute atomic E-state index is 0.252. The van der Waals surface area contributed by atoms with Crippen molar-refractivity contribution in [2.75, 3.05) is 6.54 Å². The number of aryl methyl sites for hydroxylation is 2. The molecule has 0 bridgehead atoms. The molecule has 0 saturated heterocycles. The lowest BCUT2D eigenvalue weighted by atomic mass is 9.84. The molecule has 0 radical (unpaired) electrons. The summed E-state index contributed by atoms with van der Waals surface area (Å²) in [7, 11) is 0. The fourth-order valence-electron chi connectivity index (χ4n) is 5.83. The molecule has 2 aliphatic rings. The van der Waals surface area contributed by atoms with Gasteiger partial charge in [0.2, 0.25) is 0 Å². The first-order chi connectivity index (χ1) is 15.5. The van der Waals surface area contributed by atoms with Gasteiger partial charge in [-0.3, -0.25) is 4.90 Å². The minimum Gasteiger partial charge on any atom is -0.292 e. The van der Waals surface area contributed by atoms with E-state index in [1.165, 1.54) is 34.2 Å². The van der Waals surface area contributed by atoms with Gasteiger partial charge in [-0.25, -0.2) is 4.68 Å². The van der Waals surface area contributed by atoms with Crippen LogP contribution in [0.15, 0.2) is 60.7 Å². The molecule has 0 amide bonds. The molecule has 0 N–H and O–H groups in total. The Hall–Kier alpha value is -2.98. The summed E-state index contributed by atoms with van der Waals surface area (Å²) in [5.74, 6) is 0. The maximum atomic E-state index is 4.46. The number of fused-ring (bicyclic) bond motifs is 3. The van der Waals surface area contributed by atoms with E-state index in [1.54, 1.807) is 0 Å². The zero-order valence-corrected chi connectivity index (χ0v) is 19.2. The van der Waals surface area contributed by atoms with Gasteiger partial charge in [0.15, 0.2) is 0 Å². The summed E-state index contributed by atoms with van der Waals surface area (Å²) >= 11 is 0. The Morgan fingerprint density at radius 2 is 1.78 bits per heavy atom. The average Bonchev–Trinajstić information content (AvgIpc) is 3.35. The maximum absolute atomic E-state index is 4.46. The van der Waals surface area contributed by atoms with E-state index in [0.717, 1.165) is 42.7 Å². The average molecular weight is 423 g/mol. The molecule has 32 heavy (non-hydrogen) atoms. The minimum atomic E-state index is 0.252. The lowest BCUT2D eigenvalue weighted by molar-refractivity contribution is 0.129. The third kappa shape index (κ3) is 3.34. The number of para-hydroxylation sites is 1. The second-order valence-corrected chi connectivity index (χ2v) is 10.4. The van der Waals surface area contributed by atoms with Crippen molar-refractivity contribution in [3.63, 3.8) is 0 Å².